The molecule has 0 atom stereocenters. The van der Waals surface area contributed by atoms with Gasteiger partial charge in [0, 0.05) is 42.7 Å². The number of fused-ring (bicyclic) bond motifs is 2. The molecule has 2 N–H and O–H groups in total. The number of amides is 2. The van der Waals surface area contributed by atoms with Crippen LogP contribution in [0.5, 0.6) is 0 Å². The number of nitrogens with one attached hydrogen (secondary N) is 2. The maximum absolute atomic E-state index is 14.0. The number of carbonyl (C=O) groups excluding carboxylic acids is 2. The van der Waals surface area contributed by atoms with Crippen molar-refractivity contribution in [2.75, 3.05) is 20.2 Å². The highest BCUT2D eigenvalue weighted by molar-refractivity contribution is 5.99. The number of hydrogen-bond donors (Lipinski definition) is 2. The Morgan fingerprint density at radius 2 is 2.03 bits per heavy atom. The van der Waals surface area contributed by atoms with E-state index in [2.05, 4.69) is 19.9 Å². The van der Waals surface area contributed by atoms with E-state index in [0.717, 1.165) is 12.1 Å². The lowest BCUT2D eigenvalue weighted by Crippen LogP contribution is -2.43. The standard InChI is InChI=1S/C22H21F4N5O3/c1-30(22(3-4-22)10-34-21(25)26)20(33)18-13-9-31(5-2-15(13)28-29-18)19(32)17-8-12-14(24)6-11(23)7-16(12)27-17/h6-8,21,27H,2-5,9-10H2,1H3,(H,28,29). The summed E-state index contributed by atoms with van der Waals surface area (Å²) >= 11 is 0. The van der Waals surface area contributed by atoms with E-state index in [-0.39, 0.29) is 35.4 Å². The Kier molecular flexibility index (Phi) is 5.34. The predicted octanol–water partition coefficient (Wildman–Crippen LogP) is 3.21. The number of H-pyrrole nitrogens is 2. The Hall–Kier alpha value is -3.41. The number of halogens is 4. The molecule has 12 heteroatoms. The monoisotopic (exact) mass is 479 g/mol. The van der Waals surface area contributed by atoms with Crippen LogP contribution < -0.4 is 0 Å². The molecule has 1 aliphatic heterocycles. The fourth-order valence-electron chi connectivity index (χ4n) is 4.40. The van der Waals surface area contributed by atoms with Gasteiger partial charge in [-0.05, 0) is 25.0 Å². The fourth-order valence-corrected chi connectivity index (χ4v) is 4.40. The van der Waals surface area contributed by atoms with Gasteiger partial charge in [-0.2, -0.15) is 13.9 Å². The van der Waals surface area contributed by atoms with Gasteiger partial charge in [-0.1, -0.05) is 0 Å². The van der Waals surface area contributed by atoms with Gasteiger partial charge >= 0.3 is 6.61 Å². The summed E-state index contributed by atoms with van der Waals surface area (Å²) in [6.45, 7) is -2.79. The number of likely N-dealkylation sites (N-methyl/N-ethyl adjacent to an activating group) is 1. The van der Waals surface area contributed by atoms with Gasteiger partial charge in [0.1, 0.15) is 17.3 Å². The van der Waals surface area contributed by atoms with Crippen molar-refractivity contribution in [2.24, 2.45) is 0 Å². The van der Waals surface area contributed by atoms with Crippen LogP contribution in [0.15, 0.2) is 18.2 Å². The minimum Gasteiger partial charge on any atom is -0.350 e. The van der Waals surface area contributed by atoms with Gasteiger partial charge in [0.2, 0.25) is 0 Å². The molecular formula is C22H21F4N5O3. The van der Waals surface area contributed by atoms with E-state index in [1.54, 1.807) is 0 Å². The summed E-state index contributed by atoms with van der Waals surface area (Å²) in [6, 6.07) is 3.19. The average Bonchev–Trinajstić information content (AvgIpc) is 3.28. The van der Waals surface area contributed by atoms with Gasteiger partial charge in [-0.15, -0.1) is 0 Å². The lowest BCUT2D eigenvalue weighted by molar-refractivity contribution is -0.141. The van der Waals surface area contributed by atoms with Crippen molar-refractivity contribution in [1.82, 2.24) is 25.0 Å². The van der Waals surface area contributed by atoms with Crippen LogP contribution in [0.2, 0.25) is 0 Å². The summed E-state index contributed by atoms with van der Waals surface area (Å²) < 4.78 is 57.0. The third-order valence-corrected chi connectivity index (χ3v) is 6.63. The SMILES string of the molecule is CN(C(=O)c1n[nH]c2c1CN(C(=O)c1cc3c(F)cc(F)cc3[nH]1)CC2)C1(COC(F)F)CC1. The molecule has 3 aromatic rings. The van der Waals surface area contributed by atoms with Crippen LogP contribution in [0.1, 0.15) is 45.1 Å². The Bertz CT molecular complexity index is 1280. The molecule has 1 saturated carbocycles. The van der Waals surface area contributed by atoms with Crippen LogP contribution in [-0.4, -0.2) is 69.1 Å². The van der Waals surface area contributed by atoms with Crippen molar-refractivity contribution in [3.8, 4) is 0 Å². The van der Waals surface area contributed by atoms with Crippen molar-refractivity contribution < 1.29 is 31.9 Å². The van der Waals surface area contributed by atoms with Gasteiger partial charge in [0.15, 0.2) is 5.69 Å². The maximum Gasteiger partial charge on any atom is 0.345 e. The zero-order valence-corrected chi connectivity index (χ0v) is 18.1. The van der Waals surface area contributed by atoms with Gasteiger partial charge in [-0.3, -0.25) is 14.7 Å². The Labute approximate surface area is 190 Å². The van der Waals surface area contributed by atoms with Crippen LogP contribution in [-0.2, 0) is 17.7 Å². The highest BCUT2D eigenvalue weighted by Gasteiger charge is 2.50. The molecule has 1 fully saturated rings. The largest absolute Gasteiger partial charge is 0.350 e. The molecule has 0 bridgehead atoms. The van der Waals surface area contributed by atoms with E-state index in [4.69, 9.17) is 0 Å². The molecule has 180 valence electrons. The molecular weight excluding hydrogens is 458 g/mol. The molecule has 0 saturated heterocycles. The third kappa shape index (κ3) is 3.81. The topological polar surface area (TPSA) is 94.3 Å². The van der Waals surface area contributed by atoms with Crippen LogP contribution in [0, 0.1) is 11.6 Å². The molecule has 5 rings (SSSR count). The smallest absolute Gasteiger partial charge is 0.345 e. The zero-order valence-electron chi connectivity index (χ0n) is 18.1. The summed E-state index contributed by atoms with van der Waals surface area (Å²) in [5.74, 6) is -2.42. The molecule has 34 heavy (non-hydrogen) atoms. The van der Waals surface area contributed by atoms with E-state index in [9.17, 15) is 27.2 Å². The maximum atomic E-state index is 14.0. The normalized spacial score (nSPS) is 16.7. The number of hydrogen-bond acceptors (Lipinski definition) is 4. The molecule has 8 nitrogen and oxygen atoms in total. The molecule has 1 aliphatic carbocycles. The minimum atomic E-state index is -2.92. The lowest BCUT2D eigenvalue weighted by Gasteiger charge is -2.29. The number of nitrogens with zero attached hydrogens (tertiary/aromatic N) is 3. The number of benzene rings is 1. The minimum absolute atomic E-state index is 0.0757. The highest BCUT2D eigenvalue weighted by atomic mass is 19.3. The molecule has 2 amide bonds. The molecule has 0 radical (unpaired) electrons. The van der Waals surface area contributed by atoms with Gasteiger partial charge in [0.05, 0.1) is 24.2 Å². The Morgan fingerprint density at radius 3 is 2.74 bits per heavy atom. The van der Waals surface area contributed by atoms with Crippen molar-refractivity contribution >= 4 is 22.7 Å². The van der Waals surface area contributed by atoms with Crippen LogP contribution in [0.25, 0.3) is 10.9 Å². The first kappa shape index (κ1) is 22.4. The van der Waals surface area contributed by atoms with E-state index in [0.29, 0.717) is 37.1 Å². The van der Waals surface area contributed by atoms with Gasteiger partial charge < -0.3 is 19.5 Å². The van der Waals surface area contributed by atoms with Crippen LogP contribution in [0.4, 0.5) is 17.6 Å². The first-order valence-electron chi connectivity index (χ1n) is 10.7. The van der Waals surface area contributed by atoms with E-state index in [1.165, 1.54) is 22.9 Å². The Balaban J connectivity index is 1.36. The summed E-state index contributed by atoms with van der Waals surface area (Å²) in [5, 5.41) is 7.07. The molecule has 2 aliphatic rings. The van der Waals surface area contributed by atoms with E-state index in [1.807, 2.05) is 0 Å². The van der Waals surface area contributed by atoms with Crippen molar-refractivity contribution in [1.29, 1.82) is 0 Å². The summed E-state index contributed by atoms with van der Waals surface area (Å²) in [5.41, 5.74) is 0.822. The summed E-state index contributed by atoms with van der Waals surface area (Å²) in [4.78, 5) is 31.9. The highest BCUT2D eigenvalue weighted by Crippen LogP contribution is 2.42. The first-order valence-corrected chi connectivity index (χ1v) is 10.7. The second kappa shape index (κ2) is 8.12. The number of aromatic amines is 2. The number of rotatable bonds is 6. The molecule has 0 unspecified atom stereocenters. The van der Waals surface area contributed by atoms with Crippen molar-refractivity contribution in [2.45, 2.75) is 38.0 Å². The molecule has 2 aromatic heterocycles. The van der Waals surface area contributed by atoms with Crippen molar-refractivity contribution in [3.05, 3.63) is 52.5 Å². The second-order valence-electron chi connectivity index (χ2n) is 8.70. The molecule has 1 aromatic carbocycles. The van der Waals surface area contributed by atoms with E-state index >= 15 is 0 Å². The van der Waals surface area contributed by atoms with Gasteiger partial charge in [-0.25, -0.2) is 8.78 Å². The quantitative estimate of drug-likeness (QED) is 0.531. The van der Waals surface area contributed by atoms with E-state index < -0.39 is 35.6 Å². The lowest BCUT2D eigenvalue weighted by atomic mass is 10.0. The summed E-state index contributed by atoms with van der Waals surface area (Å²) in [7, 11) is 1.52. The fraction of sp³-hybridized carbons (Fsp3) is 0.409. The predicted molar refractivity (Wildman–Crippen MR) is 111 cm³/mol. The molecule has 0 spiro atoms. The number of ether oxygens (including phenoxy) is 1. The number of aromatic nitrogens is 3. The summed E-state index contributed by atoms with van der Waals surface area (Å²) in [6.07, 6.45) is 1.49. The van der Waals surface area contributed by atoms with Gasteiger partial charge in [0.25, 0.3) is 11.8 Å². The number of carbonyl (C=O) groups is 2. The molecule has 3 heterocycles. The second-order valence-corrected chi connectivity index (χ2v) is 8.70. The Morgan fingerprint density at radius 1 is 1.26 bits per heavy atom. The number of alkyl halides is 2. The van der Waals surface area contributed by atoms with Crippen LogP contribution in [0.3, 0.4) is 0 Å². The first-order chi connectivity index (χ1) is 16.2. The van der Waals surface area contributed by atoms with Crippen molar-refractivity contribution in [3.63, 3.8) is 0 Å². The van der Waals surface area contributed by atoms with Crippen LogP contribution >= 0.6 is 0 Å². The third-order valence-electron chi connectivity index (χ3n) is 6.63. The average molecular weight is 479 g/mol. The zero-order chi connectivity index (χ0) is 24.2.